The fourth-order valence-corrected chi connectivity index (χ4v) is 3.81. The van der Waals surface area contributed by atoms with E-state index in [0.717, 1.165) is 11.1 Å². The van der Waals surface area contributed by atoms with E-state index in [9.17, 15) is 19.6 Å². The van der Waals surface area contributed by atoms with Crippen LogP contribution in [0.2, 0.25) is 0 Å². The number of amides is 3. The summed E-state index contributed by atoms with van der Waals surface area (Å²) in [6.45, 7) is 5.58. The molecule has 35 heavy (non-hydrogen) atoms. The van der Waals surface area contributed by atoms with Crippen molar-refractivity contribution in [2.45, 2.75) is 46.2 Å². The van der Waals surface area contributed by atoms with Gasteiger partial charge in [-0.05, 0) is 36.8 Å². The number of nitrogens with two attached hydrogens (primary N) is 1. The van der Waals surface area contributed by atoms with Gasteiger partial charge >= 0.3 is 0 Å². The highest BCUT2D eigenvalue weighted by Crippen LogP contribution is 2.26. The minimum absolute atomic E-state index is 0.0875. The van der Waals surface area contributed by atoms with E-state index in [0.29, 0.717) is 6.42 Å². The molecule has 0 aliphatic heterocycles. The Kier molecular flexibility index (Phi) is 11.1. The molecule has 5 N–H and O–H groups in total. The summed E-state index contributed by atoms with van der Waals surface area (Å²) in [6.07, 6.45) is 4.29. The molecule has 188 valence electrons. The van der Waals surface area contributed by atoms with Crippen LogP contribution in [0, 0.1) is 17.8 Å². The number of nitrogens with zero attached hydrogens (tertiary/aromatic N) is 1. The van der Waals surface area contributed by atoms with Crippen LogP contribution in [0.15, 0.2) is 66.7 Å². The van der Waals surface area contributed by atoms with Crippen LogP contribution in [0.3, 0.4) is 0 Å². The lowest BCUT2D eigenvalue weighted by Crippen LogP contribution is -2.54. The second-order valence-corrected chi connectivity index (χ2v) is 9.04. The maximum Gasteiger partial charge on any atom is 0.257 e. The van der Waals surface area contributed by atoms with Crippen molar-refractivity contribution < 1.29 is 19.6 Å². The number of hydrogen-bond acceptors (Lipinski definition) is 5. The van der Waals surface area contributed by atoms with Gasteiger partial charge in [0, 0.05) is 0 Å². The van der Waals surface area contributed by atoms with E-state index in [1.807, 2.05) is 86.7 Å². The Morgan fingerprint density at radius 3 is 2.09 bits per heavy atom. The van der Waals surface area contributed by atoms with Crippen LogP contribution in [0.4, 0.5) is 0 Å². The van der Waals surface area contributed by atoms with Gasteiger partial charge in [0.05, 0.1) is 24.4 Å². The van der Waals surface area contributed by atoms with E-state index in [1.165, 1.54) is 5.01 Å². The van der Waals surface area contributed by atoms with Crippen LogP contribution in [0.25, 0.3) is 6.08 Å². The minimum Gasteiger partial charge on any atom is -0.320 e. The van der Waals surface area contributed by atoms with Crippen LogP contribution in [0.5, 0.6) is 0 Å². The highest BCUT2D eigenvalue weighted by Gasteiger charge is 2.35. The van der Waals surface area contributed by atoms with Gasteiger partial charge in [-0.2, -0.15) is 0 Å². The lowest BCUT2D eigenvalue weighted by molar-refractivity contribution is -0.148. The average molecular weight is 481 g/mol. The van der Waals surface area contributed by atoms with Crippen LogP contribution < -0.4 is 16.6 Å². The molecule has 0 saturated carbocycles. The fourth-order valence-electron chi connectivity index (χ4n) is 3.81. The van der Waals surface area contributed by atoms with Crippen molar-refractivity contribution in [1.82, 2.24) is 15.9 Å². The van der Waals surface area contributed by atoms with Gasteiger partial charge in [0.25, 0.3) is 5.91 Å². The van der Waals surface area contributed by atoms with Crippen molar-refractivity contribution in [2.75, 3.05) is 0 Å². The normalized spacial score (nSPS) is 13.8. The molecule has 0 aliphatic rings. The molecule has 0 radical (unpaired) electrons. The predicted molar refractivity (Wildman–Crippen MR) is 135 cm³/mol. The monoisotopic (exact) mass is 480 g/mol. The zero-order valence-corrected chi connectivity index (χ0v) is 20.6. The number of benzene rings is 2. The topological polar surface area (TPSA) is 125 Å². The molecule has 3 amide bonds. The molecule has 2 aromatic rings. The van der Waals surface area contributed by atoms with Gasteiger partial charge in [0.2, 0.25) is 11.8 Å². The molecule has 0 unspecified atom stereocenters. The van der Waals surface area contributed by atoms with E-state index in [4.69, 9.17) is 5.73 Å². The number of nitrogens with one attached hydrogen (secondary N) is 2. The van der Waals surface area contributed by atoms with Crippen molar-refractivity contribution >= 4 is 23.8 Å². The maximum absolute atomic E-state index is 13.5. The Morgan fingerprint density at radius 2 is 1.54 bits per heavy atom. The van der Waals surface area contributed by atoms with Crippen LogP contribution in [0.1, 0.15) is 44.7 Å². The van der Waals surface area contributed by atoms with Crippen LogP contribution >= 0.6 is 0 Å². The van der Waals surface area contributed by atoms with Crippen molar-refractivity contribution in [1.29, 1.82) is 0 Å². The molecule has 0 aromatic heterocycles. The minimum atomic E-state index is -0.841. The third-order valence-corrected chi connectivity index (χ3v) is 5.58. The van der Waals surface area contributed by atoms with Gasteiger partial charge < -0.3 is 5.73 Å². The first-order chi connectivity index (χ1) is 16.7. The highest BCUT2D eigenvalue weighted by molar-refractivity contribution is 5.89. The summed E-state index contributed by atoms with van der Waals surface area (Å²) >= 11 is 0. The van der Waals surface area contributed by atoms with Gasteiger partial charge in [-0.3, -0.25) is 25.0 Å². The summed E-state index contributed by atoms with van der Waals surface area (Å²) in [7, 11) is 0. The second-order valence-electron chi connectivity index (χ2n) is 9.04. The van der Waals surface area contributed by atoms with E-state index >= 15 is 0 Å². The summed E-state index contributed by atoms with van der Waals surface area (Å²) < 4.78 is 0. The standard InChI is InChI=1S/C27H36N4O4/c1-19(2)17-24(23(26(33)30-35)16-10-15-21-11-6-4-7-12-21)25(32)29-31(27(34)20(3)28)18-22-13-8-5-9-14-22/h4-15,19-20,23-24,35H,16-18,28H2,1-3H3,(H,29,32)(H,30,33)/b15-10+/t20-,23+,24-/m1/s1. The second kappa shape index (κ2) is 14.0. The quantitative estimate of drug-likeness (QED) is 0.290. The maximum atomic E-state index is 13.5. The largest absolute Gasteiger partial charge is 0.320 e. The molecule has 0 bridgehead atoms. The number of hydroxylamine groups is 1. The molecular formula is C27H36N4O4. The molecule has 2 aromatic carbocycles. The van der Waals surface area contributed by atoms with Gasteiger partial charge in [0.1, 0.15) is 0 Å². The molecule has 0 fully saturated rings. The highest BCUT2D eigenvalue weighted by atomic mass is 16.5. The fraction of sp³-hybridized carbons (Fsp3) is 0.370. The summed E-state index contributed by atoms with van der Waals surface area (Å²) in [4.78, 5) is 38.9. The average Bonchev–Trinajstić information content (AvgIpc) is 2.85. The first kappa shape index (κ1) is 27.8. The third-order valence-electron chi connectivity index (χ3n) is 5.58. The number of carbonyl (C=O) groups is 3. The third kappa shape index (κ3) is 8.99. The van der Waals surface area contributed by atoms with Crippen molar-refractivity contribution in [2.24, 2.45) is 23.5 Å². The zero-order chi connectivity index (χ0) is 25.8. The molecule has 8 nitrogen and oxygen atoms in total. The van der Waals surface area contributed by atoms with Crippen molar-refractivity contribution in [3.63, 3.8) is 0 Å². The van der Waals surface area contributed by atoms with Gasteiger partial charge in [-0.15, -0.1) is 0 Å². The van der Waals surface area contributed by atoms with Gasteiger partial charge in [0.15, 0.2) is 0 Å². The Balaban J connectivity index is 2.28. The number of allylic oxidation sites excluding steroid dienone is 1. The van der Waals surface area contributed by atoms with Gasteiger partial charge in [-0.25, -0.2) is 10.5 Å². The molecule has 8 heteroatoms. The number of hydrogen-bond donors (Lipinski definition) is 4. The first-order valence-corrected chi connectivity index (χ1v) is 11.8. The Bertz CT molecular complexity index is 977. The summed E-state index contributed by atoms with van der Waals surface area (Å²) in [6, 6.07) is 18.0. The van der Waals surface area contributed by atoms with Crippen molar-refractivity contribution in [3.05, 3.63) is 77.9 Å². The predicted octanol–water partition coefficient (Wildman–Crippen LogP) is 3.28. The number of rotatable bonds is 11. The van der Waals surface area contributed by atoms with E-state index in [2.05, 4.69) is 5.43 Å². The summed E-state index contributed by atoms with van der Waals surface area (Å²) in [5, 5.41) is 10.6. The summed E-state index contributed by atoms with van der Waals surface area (Å²) in [5.74, 6) is -3.13. The lowest BCUT2D eigenvalue weighted by Gasteiger charge is -2.30. The molecule has 0 aliphatic carbocycles. The van der Waals surface area contributed by atoms with Crippen molar-refractivity contribution in [3.8, 4) is 0 Å². The molecular weight excluding hydrogens is 444 g/mol. The SMILES string of the molecule is CC(C)C[C@@H](C(=O)NN(Cc1ccccc1)C(=O)[C@@H](C)N)[C@H](C/C=C/c1ccccc1)C(=O)NO. The number of carbonyl (C=O) groups excluding carboxylic acids is 3. The molecule has 0 heterocycles. The molecule has 3 atom stereocenters. The van der Waals surface area contributed by atoms with Crippen LogP contribution in [-0.2, 0) is 20.9 Å². The zero-order valence-electron chi connectivity index (χ0n) is 20.6. The summed E-state index contributed by atoms with van der Waals surface area (Å²) in [5.41, 5.74) is 12.0. The molecule has 2 rings (SSSR count). The molecule has 0 spiro atoms. The van der Waals surface area contributed by atoms with E-state index in [-0.39, 0.29) is 18.9 Å². The lowest BCUT2D eigenvalue weighted by atomic mass is 9.82. The van der Waals surface area contributed by atoms with Crippen LogP contribution in [-0.4, -0.2) is 34.0 Å². The molecule has 0 saturated heterocycles. The van der Waals surface area contributed by atoms with E-state index < -0.39 is 35.6 Å². The Labute approximate surface area is 207 Å². The van der Waals surface area contributed by atoms with E-state index in [1.54, 1.807) is 12.4 Å². The number of hydrazine groups is 1. The Morgan fingerprint density at radius 1 is 0.943 bits per heavy atom. The first-order valence-electron chi connectivity index (χ1n) is 11.8. The smallest absolute Gasteiger partial charge is 0.257 e. The Hall–Kier alpha value is -3.49. The van der Waals surface area contributed by atoms with Gasteiger partial charge in [-0.1, -0.05) is 86.7 Å².